The number of nitrogens with one attached hydrogen (secondary N) is 1. The summed E-state index contributed by atoms with van der Waals surface area (Å²) in [6.45, 7) is 0. The minimum absolute atomic E-state index is 0.0365. The summed E-state index contributed by atoms with van der Waals surface area (Å²) in [5, 5.41) is 13.5. The number of fused-ring (bicyclic) bond motifs is 1. The molecule has 18 heavy (non-hydrogen) atoms. The number of hydrogen-bond acceptors (Lipinski definition) is 2. The molecule has 1 saturated carbocycles. The Bertz CT molecular complexity index is 475. The van der Waals surface area contributed by atoms with Crippen molar-refractivity contribution in [3.05, 3.63) is 21.6 Å². The van der Waals surface area contributed by atoms with Crippen LogP contribution in [0.3, 0.4) is 0 Å². The molecule has 0 spiro atoms. The molecule has 0 aromatic carbocycles. The van der Waals surface area contributed by atoms with E-state index in [1.54, 1.807) is 4.68 Å². The molecule has 1 aromatic heterocycles. The van der Waals surface area contributed by atoms with E-state index in [2.05, 4.69) is 5.10 Å². The average Bonchev–Trinajstić information content (AvgIpc) is 2.57. The fraction of sp³-hybridized carbons (Fsp3) is 0.786. The molecule has 2 unspecified atom stereocenters. The van der Waals surface area contributed by atoms with Gasteiger partial charge in [0.15, 0.2) is 0 Å². The summed E-state index contributed by atoms with van der Waals surface area (Å²) in [7, 11) is 0. The SMILES string of the molecule is O=c1c2c([nH]n1C1CCCCCC1O)CCCC2. The van der Waals surface area contributed by atoms with E-state index in [0.29, 0.717) is 0 Å². The molecule has 1 aromatic rings. The third-order valence-electron chi connectivity index (χ3n) is 4.48. The van der Waals surface area contributed by atoms with Crippen LogP contribution in [0.25, 0.3) is 0 Å². The lowest BCUT2D eigenvalue weighted by atomic mass is 9.98. The predicted molar refractivity (Wildman–Crippen MR) is 69.8 cm³/mol. The molecule has 3 rings (SSSR count). The first-order valence-electron chi connectivity index (χ1n) is 7.27. The molecule has 2 N–H and O–H groups in total. The summed E-state index contributed by atoms with van der Waals surface area (Å²) in [6, 6.07) is -0.0365. The zero-order valence-corrected chi connectivity index (χ0v) is 10.8. The second kappa shape index (κ2) is 4.92. The second-order valence-corrected chi connectivity index (χ2v) is 5.72. The van der Waals surface area contributed by atoms with Gasteiger partial charge in [0.2, 0.25) is 0 Å². The van der Waals surface area contributed by atoms with Crippen LogP contribution in [-0.2, 0) is 12.8 Å². The Labute approximate surface area is 107 Å². The monoisotopic (exact) mass is 250 g/mol. The van der Waals surface area contributed by atoms with E-state index in [4.69, 9.17) is 0 Å². The average molecular weight is 250 g/mol. The predicted octanol–water partition coefficient (Wildman–Crippen LogP) is 1.92. The number of rotatable bonds is 1. The molecule has 0 radical (unpaired) electrons. The lowest BCUT2D eigenvalue weighted by Crippen LogP contribution is -2.31. The Hall–Kier alpha value is -1.03. The van der Waals surface area contributed by atoms with Crippen LogP contribution in [0.15, 0.2) is 4.79 Å². The van der Waals surface area contributed by atoms with Gasteiger partial charge in [0, 0.05) is 11.3 Å². The molecule has 0 bridgehead atoms. The summed E-state index contributed by atoms with van der Waals surface area (Å²) >= 11 is 0. The zero-order chi connectivity index (χ0) is 12.5. The van der Waals surface area contributed by atoms with Crippen molar-refractivity contribution < 1.29 is 5.11 Å². The molecule has 1 heterocycles. The van der Waals surface area contributed by atoms with Gasteiger partial charge in [-0.1, -0.05) is 19.3 Å². The topological polar surface area (TPSA) is 58.0 Å². The number of aromatic amines is 1. The van der Waals surface area contributed by atoms with Crippen LogP contribution in [0.1, 0.15) is 62.2 Å². The Kier molecular flexibility index (Phi) is 3.29. The van der Waals surface area contributed by atoms with Crippen LogP contribution in [0.2, 0.25) is 0 Å². The fourth-order valence-electron chi connectivity index (χ4n) is 3.41. The van der Waals surface area contributed by atoms with Gasteiger partial charge in [-0.15, -0.1) is 0 Å². The van der Waals surface area contributed by atoms with Crippen LogP contribution in [0.4, 0.5) is 0 Å². The molecule has 100 valence electrons. The zero-order valence-electron chi connectivity index (χ0n) is 10.8. The van der Waals surface area contributed by atoms with E-state index in [0.717, 1.165) is 56.2 Å². The van der Waals surface area contributed by atoms with Gasteiger partial charge in [-0.3, -0.25) is 9.89 Å². The first-order valence-corrected chi connectivity index (χ1v) is 7.27. The highest BCUT2D eigenvalue weighted by molar-refractivity contribution is 5.20. The third-order valence-corrected chi connectivity index (χ3v) is 4.48. The summed E-state index contributed by atoms with van der Waals surface area (Å²) in [6.07, 6.45) is 8.90. The highest BCUT2D eigenvalue weighted by atomic mass is 16.3. The molecule has 2 aliphatic carbocycles. The van der Waals surface area contributed by atoms with Crippen LogP contribution in [0, 0.1) is 0 Å². The summed E-state index contributed by atoms with van der Waals surface area (Å²) in [4.78, 5) is 12.4. The van der Waals surface area contributed by atoms with Crippen molar-refractivity contribution in [1.82, 2.24) is 9.78 Å². The van der Waals surface area contributed by atoms with E-state index < -0.39 is 0 Å². The van der Waals surface area contributed by atoms with Gasteiger partial charge in [0.1, 0.15) is 0 Å². The lowest BCUT2D eigenvalue weighted by molar-refractivity contribution is 0.0971. The third kappa shape index (κ3) is 2.03. The first kappa shape index (κ1) is 12.0. The highest BCUT2D eigenvalue weighted by Gasteiger charge is 2.27. The van der Waals surface area contributed by atoms with Crippen LogP contribution in [-0.4, -0.2) is 21.0 Å². The van der Waals surface area contributed by atoms with Gasteiger partial charge in [0.05, 0.1) is 12.1 Å². The highest BCUT2D eigenvalue weighted by Crippen LogP contribution is 2.27. The van der Waals surface area contributed by atoms with Crippen LogP contribution in [0.5, 0.6) is 0 Å². The number of hydrogen-bond donors (Lipinski definition) is 2. The Morgan fingerprint density at radius 2 is 1.83 bits per heavy atom. The largest absolute Gasteiger partial charge is 0.391 e. The van der Waals surface area contributed by atoms with Gasteiger partial charge in [-0.2, -0.15) is 0 Å². The Balaban J connectivity index is 1.95. The van der Waals surface area contributed by atoms with Crippen molar-refractivity contribution in [3.63, 3.8) is 0 Å². The van der Waals surface area contributed by atoms with Gasteiger partial charge in [-0.05, 0) is 38.5 Å². The van der Waals surface area contributed by atoms with Crippen molar-refractivity contribution in [2.24, 2.45) is 0 Å². The first-order chi connectivity index (χ1) is 8.77. The fourth-order valence-corrected chi connectivity index (χ4v) is 3.41. The van der Waals surface area contributed by atoms with Gasteiger partial charge < -0.3 is 5.11 Å². The second-order valence-electron chi connectivity index (χ2n) is 5.72. The van der Waals surface area contributed by atoms with Crippen LogP contribution < -0.4 is 5.56 Å². The van der Waals surface area contributed by atoms with Crippen molar-refractivity contribution in [2.75, 3.05) is 0 Å². The molecule has 4 heteroatoms. The number of aromatic nitrogens is 2. The molecule has 4 nitrogen and oxygen atoms in total. The van der Waals surface area contributed by atoms with Crippen molar-refractivity contribution in [2.45, 2.75) is 69.9 Å². The maximum absolute atomic E-state index is 12.4. The molecule has 0 saturated heterocycles. The molecular formula is C14H22N2O2. The summed E-state index contributed by atoms with van der Waals surface area (Å²) in [5.41, 5.74) is 2.20. The van der Waals surface area contributed by atoms with Crippen LogP contribution >= 0.6 is 0 Å². The van der Waals surface area contributed by atoms with E-state index in [1.807, 2.05) is 0 Å². The number of aliphatic hydroxyl groups excluding tert-OH is 1. The van der Waals surface area contributed by atoms with Crippen molar-refractivity contribution in [3.8, 4) is 0 Å². The summed E-state index contributed by atoms with van der Waals surface area (Å²) < 4.78 is 1.73. The number of aryl methyl sites for hydroxylation is 1. The standard InChI is InChI=1S/C14H22N2O2/c17-13-9-3-1-2-8-12(13)16-14(18)10-6-4-5-7-11(10)15-16/h12-13,15,17H,1-9H2. The van der Waals surface area contributed by atoms with E-state index in [9.17, 15) is 9.90 Å². The maximum Gasteiger partial charge on any atom is 0.270 e. The molecule has 1 fully saturated rings. The van der Waals surface area contributed by atoms with E-state index in [1.165, 1.54) is 12.8 Å². The molecular weight excluding hydrogens is 228 g/mol. The van der Waals surface area contributed by atoms with Gasteiger partial charge in [0.25, 0.3) is 5.56 Å². The van der Waals surface area contributed by atoms with Crippen molar-refractivity contribution >= 4 is 0 Å². The maximum atomic E-state index is 12.4. The number of aliphatic hydroxyl groups is 1. The number of H-pyrrole nitrogens is 1. The number of nitrogens with zero attached hydrogens (tertiary/aromatic N) is 1. The molecule has 2 atom stereocenters. The summed E-state index contributed by atoms with van der Waals surface area (Å²) in [5.74, 6) is 0. The Morgan fingerprint density at radius 1 is 1.06 bits per heavy atom. The van der Waals surface area contributed by atoms with E-state index in [-0.39, 0.29) is 17.7 Å². The van der Waals surface area contributed by atoms with Gasteiger partial charge >= 0.3 is 0 Å². The smallest absolute Gasteiger partial charge is 0.270 e. The van der Waals surface area contributed by atoms with Crippen molar-refractivity contribution in [1.29, 1.82) is 0 Å². The normalized spacial score (nSPS) is 28.7. The molecule has 2 aliphatic rings. The quantitative estimate of drug-likeness (QED) is 0.748. The minimum atomic E-state index is -0.370. The Morgan fingerprint density at radius 3 is 2.67 bits per heavy atom. The lowest BCUT2D eigenvalue weighted by Gasteiger charge is -2.20. The molecule has 0 amide bonds. The minimum Gasteiger partial charge on any atom is -0.391 e. The van der Waals surface area contributed by atoms with E-state index >= 15 is 0 Å². The van der Waals surface area contributed by atoms with Gasteiger partial charge in [-0.25, -0.2) is 4.68 Å². The molecule has 0 aliphatic heterocycles.